The van der Waals surface area contributed by atoms with Crippen LogP contribution in [0.4, 0.5) is 11.4 Å². The van der Waals surface area contributed by atoms with Gasteiger partial charge in [0.2, 0.25) is 0 Å². The molecule has 1 saturated heterocycles. The summed E-state index contributed by atoms with van der Waals surface area (Å²) in [5, 5.41) is 16.2. The molecule has 4 aromatic rings. The highest BCUT2D eigenvalue weighted by Crippen LogP contribution is 2.63. The molecule has 13 nitrogen and oxygen atoms in total. The molecule has 306 valence electrons. The molecule has 0 atom stereocenters. The second-order valence-corrected chi connectivity index (χ2v) is 17.7. The van der Waals surface area contributed by atoms with E-state index in [-0.39, 0.29) is 17.2 Å². The largest absolute Gasteiger partial charge is 0.481 e. The second-order valence-electron chi connectivity index (χ2n) is 17.7. The Morgan fingerprint density at radius 1 is 0.793 bits per heavy atom. The van der Waals surface area contributed by atoms with Crippen LogP contribution in [-0.2, 0) is 49.6 Å². The molecule has 3 N–H and O–H groups in total. The van der Waals surface area contributed by atoms with Crippen LogP contribution in [0.15, 0.2) is 36.4 Å². The van der Waals surface area contributed by atoms with Gasteiger partial charge in [-0.2, -0.15) is 0 Å². The summed E-state index contributed by atoms with van der Waals surface area (Å²) in [6, 6.07) is 12.3. The number of carboxylic acid groups (broad SMARTS) is 1. The fraction of sp³-hybridized carbons (Fsp3) is 0.533. The number of amides is 2. The van der Waals surface area contributed by atoms with Crippen LogP contribution in [0.5, 0.6) is 0 Å². The van der Waals surface area contributed by atoms with Gasteiger partial charge in [0.05, 0.1) is 16.8 Å². The van der Waals surface area contributed by atoms with E-state index in [1.807, 2.05) is 73.5 Å². The van der Waals surface area contributed by atoms with Gasteiger partial charge in [0.15, 0.2) is 11.6 Å². The summed E-state index contributed by atoms with van der Waals surface area (Å²) in [5.41, 5.74) is 9.00. The minimum absolute atomic E-state index is 0.154. The van der Waals surface area contributed by atoms with Crippen LogP contribution in [0.25, 0.3) is 11.1 Å². The molecule has 0 spiro atoms. The third-order valence-corrected chi connectivity index (χ3v) is 14.6. The third kappa shape index (κ3) is 6.84. The molecule has 5 heterocycles. The molecule has 2 bridgehead atoms. The second kappa shape index (κ2) is 15.1. The van der Waals surface area contributed by atoms with Gasteiger partial charge in [-0.3, -0.25) is 24.2 Å². The lowest BCUT2D eigenvalue weighted by Crippen LogP contribution is -2.42. The Balaban J connectivity index is 0.863. The molecule has 5 aliphatic rings. The van der Waals surface area contributed by atoms with Gasteiger partial charge in [-0.1, -0.05) is 24.3 Å². The molecule has 2 aromatic carbocycles. The highest BCUT2D eigenvalue weighted by Gasteiger charge is 2.57. The predicted molar refractivity (Wildman–Crippen MR) is 221 cm³/mol. The first-order valence-corrected chi connectivity index (χ1v) is 21.1. The van der Waals surface area contributed by atoms with E-state index >= 15 is 0 Å². The number of imidazole rings is 2. The summed E-state index contributed by atoms with van der Waals surface area (Å²) in [4.78, 5) is 54.3. The number of nitrogens with zero attached hydrogens (tertiary/aromatic N) is 6. The Bertz CT molecular complexity index is 2280. The SMILES string of the molecule is Cc1c(NC(=O)c2nc3c(n2C)CCN(CCC24CCC(C(=O)O)(CC2)C4)C3)cccc1-c1cccc(NC(=O)c2nc3c(n2C)CCN(C2CCOCC2)C3)c1C. The van der Waals surface area contributed by atoms with Gasteiger partial charge in [-0.25, -0.2) is 9.97 Å². The Labute approximate surface area is 340 Å². The maximum Gasteiger partial charge on any atom is 0.309 e. The summed E-state index contributed by atoms with van der Waals surface area (Å²) in [7, 11) is 3.86. The number of carboxylic acids is 1. The van der Waals surface area contributed by atoms with Crippen LogP contribution >= 0.6 is 0 Å². The fourth-order valence-electron chi connectivity index (χ4n) is 10.9. The van der Waals surface area contributed by atoms with Crippen LogP contribution in [0.1, 0.15) is 107 Å². The fourth-order valence-corrected chi connectivity index (χ4v) is 10.9. The first kappa shape index (κ1) is 38.7. The van der Waals surface area contributed by atoms with Crippen LogP contribution in [0.3, 0.4) is 0 Å². The van der Waals surface area contributed by atoms with Crippen molar-refractivity contribution in [3.8, 4) is 11.1 Å². The molecule has 0 unspecified atom stereocenters. The lowest BCUT2D eigenvalue weighted by molar-refractivity contribution is -0.148. The zero-order chi connectivity index (χ0) is 40.3. The first-order chi connectivity index (χ1) is 27.9. The molecule has 9 rings (SSSR count). The quantitative estimate of drug-likeness (QED) is 0.170. The van der Waals surface area contributed by atoms with Crippen LogP contribution < -0.4 is 10.6 Å². The number of rotatable bonds is 10. The number of aliphatic carboxylic acids is 1. The maximum absolute atomic E-state index is 13.9. The predicted octanol–water partition coefficient (Wildman–Crippen LogP) is 6.26. The van der Waals surface area contributed by atoms with Gasteiger partial charge in [-0.15, -0.1) is 0 Å². The van der Waals surface area contributed by atoms with Crippen molar-refractivity contribution in [1.29, 1.82) is 0 Å². The van der Waals surface area contributed by atoms with Crippen molar-refractivity contribution >= 4 is 29.2 Å². The van der Waals surface area contributed by atoms with Gasteiger partial charge in [0, 0.05) is 95.1 Å². The van der Waals surface area contributed by atoms with Crippen molar-refractivity contribution in [3.05, 3.63) is 81.9 Å². The van der Waals surface area contributed by atoms with Crippen molar-refractivity contribution in [1.82, 2.24) is 28.9 Å². The Hall–Kier alpha value is -4.85. The standard InChI is InChI=1S/C45H56N8O5/c1-28-31(32-8-6-10-34(29(32)2)49-42(55)40-47-36-26-53(21-12-38(36)51(40)4)30-13-23-58-24-14-30)7-5-9-33(28)48-41(54)39-46-35-25-52(20-11-37(35)50(39)3)22-19-44-15-17-45(27-44,18-16-44)43(56)57/h5-10,30H,11-27H2,1-4H3,(H,48,54)(H,49,55)(H,56,57). The smallest absolute Gasteiger partial charge is 0.309 e. The van der Waals surface area contributed by atoms with Gasteiger partial charge in [0.25, 0.3) is 11.8 Å². The molecule has 2 aliphatic carbocycles. The summed E-state index contributed by atoms with van der Waals surface area (Å²) >= 11 is 0. The van der Waals surface area contributed by atoms with E-state index < -0.39 is 11.4 Å². The van der Waals surface area contributed by atoms with Crippen LogP contribution in [-0.4, -0.2) is 90.7 Å². The normalized spacial score (nSPS) is 23.4. The molecule has 3 fully saturated rings. The van der Waals surface area contributed by atoms with Crippen molar-refractivity contribution in [3.63, 3.8) is 0 Å². The number of carbonyl (C=O) groups excluding carboxylic acids is 2. The number of aromatic nitrogens is 4. The number of carbonyl (C=O) groups is 3. The lowest BCUT2D eigenvalue weighted by Gasteiger charge is -2.36. The zero-order valence-electron chi connectivity index (χ0n) is 34.3. The summed E-state index contributed by atoms with van der Waals surface area (Å²) in [6.45, 7) is 9.84. The summed E-state index contributed by atoms with van der Waals surface area (Å²) in [5.74, 6) is -0.294. The van der Waals surface area contributed by atoms with E-state index in [0.29, 0.717) is 35.6 Å². The topological polar surface area (TPSA) is 147 Å². The summed E-state index contributed by atoms with van der Waals surface area (Å²) < 4.78 is 9.47. The number of fused-ring (bicyclic) bond motifs is 4. The number of anilines is 2. The molecular formula is C45H56N8O5. The Morgan fingerprint density at radius 2 is 1.34 bits per heavy atom. The average molecular weight is 789 g/mol. The number of hydrogen-bond acceptors (Lipinski definition) is 8. The molecule has 13 heteroatoms. The van der Waals surface area contributed by atoms with Gasteiger partial charge in [0.1, 0.15) is 0 Å². The van der Waals surface area contributed by atoms with E-state index in [9.17, 15) is 19.5 Å². The van der Waals surface area contributed by atoms with Crippen LogP contribution in [0.2, 0.25) is 0 Å². The van der Waals surface area contributed by atoms with E-state index in [1.54, 1.807) is 0 Å². The van der Waals surface area contributed by atoms with Crippen molar-refractivity contribution in [2.24, 2.45) is 24.9 Å². The minimum atomic E-state index is -0.613. The minimum Gasteiger partial charge on any atom is -0.481 e. The average Bonchev–Trinajstić information content (AvgIpc) is 3.99. The summed E-state index contributed by atoms with van der Waals surface area (Å²) in [6.07, 6.45) is 9.23. The molecule has 2 aromatic heterocycles. The van der Waals surface area contributed by atoms with Gasteiger partial charge < -0.3 is 29.6 Å². The van der Waals surface area contributed by atoms with Gasteiger partial charge >= 0.3 is 5.97 Å². The lowest BCUT2D eigenvalue weighted by atomic mass is 9.80. The number of benzene rings is 2. The van der Waals surface area contributed by atoms with Crippen molar-refractivity contribution in [2.45, 2.75) is 97.2 Å². The molecule has 0 radical (unpaired) electrons. The number of hydrogen-bond donors (Lipinski definition) is 3. The highest BCUT2D eigenvalue weighted by molar-refractivity contribution is 6.04. The molecular weight excluding hydrogens is 733 g/mol. The zero-order valence-corrected chi connectivity index (χ0v) is 34.3. The highest BCUT2D eigenvalue weighted by atomic mass is 16.5. The molecule has 2 saturated carbocycles. The third-order valence-electron chi connectivity index (χ3n) is 14.6. The monoisotopic (exact) mass is 788 g/mol. The van der Waals surface area contributed by atoms with Crippen molar-refractivity contribution < 1.29 is 24.2 Å². The Kier molecular flexibility index (Phi) is 10.0. The van der Waals surface area contributed by atoms with E-state index in [4.69, 9.17) is 14.7 Å². The number of nitrogens with one attached hydrogen (secondary N) is 2. The van der Waals surface area contributed by atoms with E-state index in [1.165, 1.54) is 0 Å². The maximum atomic E-state index is 13.9. The molecule has 58 heavy (non-hydrogen) atoms. The van der Waals surface area contributed by atoms with E-state index in [0.717, 1.165) is 149 Å². The molecule has 3 aliphatic heterocycles. The molecule has 2 amide bonds. The first-order valence-electron chi connectivity index (χ1n) is 21.1. The van der Waals surface area contributed by atoms with Crippen molar-refractivity contribution in [2.75, 3.05) is 43.5 Å². The van der Waals surface area contributed by atoms with Gasteiger partial charge in [-0.05, 0) is 112 Å². The number of ether oxygens (including phenoxy) is 1. The van der Waals surface area contributed by atoms with Crippen LogP contribution in [0, 0.1) is 24.7 Å². The van der Waals surface area contributed by atoms with E-state index in [2.05, 4.69) is 20.4 Å². The Morgan fingerprint density at radius 3 is 1.90 bits per heavy atom.